The average Bonchev–Trinajstić information content (AvgIpc) is 2.78. The van der Waals surface area contributed by atoms with Gasteiger partial charge in [-0.05, 0) is 37.1 Å². The SMILES string of the molecule is COc1ccccc1CN1CCN(CCCOc2ccc3c(C)cc(=O)[nH]c3c2)CC1. The molecule has 2 aromatic carbocycles. The van der Waals surface area contributed by atoms with E-state index in [0.717, 1.165) is 73.7 Å². The smallest absolute Gasteiger partial charge is 0.248 e. The number of hydrogen-bond donors (Lipinski definition) is 1. The van der Waals surface area contributed by atoms with Crippen LogP contribution in [0.25, 0.3) is 10.9 Å². The van der Waals surface area contributed by atoms with Crippen molar-refractivity contribution in [3.8, 4) is 11.5 Å². The van der Waals surface area contributed by atoms with Crippen molar-refractivity contribution in [3.63, 3.8) is 0 Å². The number of aromatic nitrogens is 1. The monoisotopic (exact) mass is 421 g/mol. The van der Waals surface area contributed by atoms with Crippen LogP contribution in [-0.2, 0) is 6.54 Å². The molecule has 1 N–H and O–H groups in total. The molecule has 1 aromatic heterocycles. The minimum absolute atomic E-state index is 0.0769. The fourth-order valence-corrected chi connectivity index (χ4v) is 4.23. The van der Waals surface area contributed by atoms with Crippen LogP contribution in [0, 0.1) is 6.92 Å². The number of nitrogens with one attached hydrogen (secondary N) is 1. The molecule has 0 saturated carbocycles. The minimum Gasteiger partial charge on any atom is -0.496 e. The quantitative estimate of drug-likeness (QED) is 0.565. The summed E-state index contributed by atoms with van der Waals surface area (Å²) >= 11 is 0. The summed E-state index contributed by atoms with van der Waals surface area (Å²) in [7, 11) is 1.73. The average molecular weight is 422 g/mol. The number of para-hydroxylation sites is 1. The number of aryl methyl sites for hydroxylation is 1. The van der Waals surface area contributed by atoms with Gasteiger partial charge in [0.2, 0.25) is 5.56 Å². The van der Waals surface area contributed by atoms with E-state index >= 15 is 0 Å². The third-order valence-electron chi connectivity index (χ3n) is 5.96. The van der Waals surface area contributed by atoms with E-state index < -0.39 is 0 Å². The van der Waals surface area contributed by atoms with E-state index in [1.54, 1.807) is 13.2 Å². The summed E-state index contributed by atoms with van der Waals surface area (Å²) in [4.78, 5) is 19.6. The van der Waals surface area contributed by atoms with Gasteiger partial charge in [-0.2, -0.15) is 0 Å². The first-order chi connectivity index (χ1) is 15.1. The van der Waals surface area contributed by atoms with E-state index in [1.165, 1.54) is 5.56 Å². The number of methoxy groups -OCH3 is 1. The lowest BCUT2D eigenvalue weighted by molar-refractivity contribution is 0.120. The Morgan fingerprint density at radius 2 is 1.77 bits per heavy atom. The second-order valence-electron chi connectivity index (χ2n) is 8.16. The van der Waals surface area contributed by atoms with E-state index in [4.69, 9.17) is 9.47 Å². The number of aromatic amines is 1. The standard InChI is InChI=1S/C25H31N3O3/c1-19-16-25(29)26-23-17-21(8-9-22(19)23)31-15-5-10-27-11-13-28(14-12-27)18-20-6-3-4-7-24(20)30-2/h3-4,6-9,16-17H,5,10-15,18H2,1-2H3,(H,26,29). The third kappa shape index (κ3) is 5.46. The second-order valence-corrected chi connectivity index (χ2v) is 8.16. The van der Waals surface area contributed by atoms with Gasteiger partial charge in [-0.15, -0.1) is 0 Å². The molecule has 0 atom stereocenters. The second kappa shape index (κ2) is 9.98. The Morgan fingerprint density at radius 3 is 2.58 bits per heavy atom. The number of nitrogens with zero attached hydrogens (tertiary/aromatic N) is 2. The van der Waals surface area contributed by atoms with Crippen molar-refractivity contribution in [1.29, 1.82) is 0 Å². The van der Waals surface area contributed by atoms with Crippen LogP contribution in [0.3, 0.4) is 0 Å². The number of H-pyrrole nitrogens is 1. The van der Waals surface area contributed by atoms with Crippen LogP contribution in [0.4, 0.5) is 0 Å². The molecule has 1 saturated heterocycles. The Kier molecular flexibility index (Phi) is 6.89. The molecular formula is C25H31N3O3. The van der Waals surface area contributed by atoms with Crippen molar-refractivity contribution >= 4 is 10.9 Å². The molecule has 1 fully saturated rings. The van der Waals surface area contributed by atoms with Gasteiger partial charge in [-0.25, -0.2) is 0 Å². The summed E-state index contributed by atoms with van der Waals surface area (Å²) in [6.45, 7) is 8.87. The number of piperazine rings is 1. The van der Waals surface area contributed by atoms with Gasteiger partial charge in [0.25, 0.3) is 0 Å². The highest BCUT2D eigenvalue weighted by molar-refractivity contribution is 5.82. The van der Waals surface area contributed by atoms with Gasteiger partial charge in [0.15, 0.2) is 0 Å². The summed E-state index contributed by atoms with van der Waals surface area (Å²) in [6.07, 6.45) is 0.981. The predicted octanol–water partition coefficient (Wildman–Crippen LogP) is 3.43. The first-order valence-electron chi connectivity index (χ1n) is 11.0. The normalized spacial score (nSPS) is 15.3. The zero-order valence-electron chi connectivity index (χ0n) is 18.4. The maximum absolute atomic E-state index is 11.7. The van der Waals surface area contributed by atoms with Crippen LogP contribution in [0.5, 0.6) is 11.5 Å². The number of fused-ring (bicyclic) bond motifs is 1. The molecule has 1 aliphatic rings. The van der Waals surface area contributed by atoms with Crippen LogP contribution < -0.4 is 15.0 Å². The van der Waals surface area contributed by atoms with Crippen LogP contribution in [0.2, 0.25) is 0 Å². The first-order valence-corrected chi connectivity index (χ1v) is 11.0. The van der Waals surface area contributed by atoms with E-state index in [9.17, 15) is 4.79 Å². The van der Waals surface area contributed by atoms with E-state index in [-0.39, 0.29) is 5.56 Å². The van der Waals surface area contributed by atoms with Crippen molar-refractivity contribution in [1.82, 2.24) is 14.8 Å². The number of hydrogen-bond acceptors (Lipinski definition) is 5. The van der Waals surface area contributed by atoms with Gasteiger partial charge < -0.3 is 19.4 Å². The van der Waals surface area contributed by atoms with Crippen LogP contribution in [-0.4, -0.2) is 61.2 Å². The largest absolute Gasteiger partial charge is 0.496 e. The Hall–Kier alpha value is -2.83. The summed E-state index contributed by atoms with van der Waals surface area (Å²) in [6, 6.07) is 15.8. The zero-order chi connectivity index (χ0) is 21.6. The number of benzene rings is 2. The van der Waals surface area contributed by atoms with Crippen LogP contribution >= 0.6 is 0 Å². The molecule has 0 radical (unpaired) electrons. The molecule has 0 bridgehead atoms. The molecular weight excluding hydrogens is 390 g/mol. The van der Waals surface area contributed by atoms with Crippen LogP contribution in [0.15, 0.2) is 53.3 Å². The molecule has 0 amide bonds. The Morgan fingerprint density at radius 1 is 1.00 bits per heavy atom. The van der Waals surface area contributed by atoms with Gasteiger partial charge in [0.1, 0.15) is 11.5 Å². The highest BCUT2D eigenvalue weighted by atomic mass is 16.5. The summed E-state index contributed by atoms with van der Waals surface area (Å²) in [5.41, 5.74) is 2.98. The lowest BCUT2D eigenvalue weighted by Gasteiger charge is -2.34. The molecule has 0 unspecified atom stereocenters. The minimum atomic E-state index is -0.0769. The Labute approximate surface area is 183 Å². The molecule has 4 rings (SSSR count). The van der Waals surface area contributed by atoms with Crippen molar-refractivity contribution in [3.05, 3.63) is 70.0 Å². The van der Waals surface area contributed by atoms with Gasteiger partial charge in [0, 0.05) is 62.4 Å². The van der Waals surface area contributed by atoms with E-state index in [1.807, 2.05) is 37.3 Å². The van der Waals surface area contributed by atoms with E-state index in [2.05, 4.69) is 26.9 Å². The van der Waals surface area contributed by atoms with Crippen molar-refractivity contribution < 1.29 is 9.47 Å². The van der Waals surface area contributed by atoms with Gasteiger partial charge in [-0.3, -0.25) is 9.69 Å². The highest BCUT2D eigenvalue weighted by Crippen LogP contribution is 2.21. The summed E-state index contributed by atoms with van der Waals surface area (Å²) in [5.74, 6) is 1.77. The Balaban J connectivity index is 1.20. The first kappa shape index (κ1) is 21.4. The number of rotatable bonds is 8. The topological polar surface area (TPSA) is 57.8 Å². The van der Waals surface area contributed by atoms with Gasteiger partial charge >= 0.3 is 0 Å². The molecule has 2 heterocycles. The molecule has 3 aromatic rings. The van der Waals surface area contributed by atoms with Gasteiger partial charge in [-0.1, -0.05) is 18.2 Å². The molecule has 31 heavy (non-hydrogen) atoms. The number of ether oxygens (including phenoxy) is 2. The maximum Gasteiger partial charge on any atom is 0.248 e. The van der Waals surface area contributed by atoms with Crippen molar-refractivity contribution in [2.45, 2.75) is 19.9 Å². The maximum atomic E-state index is 11.7. The lowest BCUT2D eigenvalue weighted by Crippen LogP contribution is -2.46. The summed E-state index contributed by atoms with van der Waals surface area (Å²) < 4.78 is 11.4. The van der Waals surface area contributed by atoms with Crippen molar-refractivity contribution in [2.75, 3.05) is 46.4 Å². The summed E-state index contributed by atoms with van der Waals surface area (Å²) in [5, 5.41) is 1.05. The van der Waals surface area contributed by atoms with Crippen molar-refractivity contribution in [2.24, 2.45) is 0 Å². The lowest BCUT2D eigenvalue weighted by atomic mass is 10.1. The van der Waals surface area contributed by atoms with Crippen LogP contribution in [0.1, 0.15) is 17.5 Å². The highest BCUT2D eigenvalue weighted by Gasteiger charge is 2.17. The Bertz CT molecular complexity index is 1070. The van der Waals surface area contributed by atoms with Gasteiger partial charge in [0.05, 0.1) is 19.2 Å². The predicted molar refractivity (Wildman–Crippen MR) is 124 cm³/mol. The molecule has 6 nitrogen and oxygen atoms in total. The third-order valence-corrected chi connectivity index (χ3v) is 5.96. The fraction of sp³-hybridized carbons (Fsp3) is 0.400. The molecule has 1 aliphatic heterocycles. The number of pyridine rings is 1. The molecule has 0 aliphatic carbocycles. The van der Waals surface area contributed by atoms with E-state index in [0.29, 0.717) is 6.61 Å². The fourth-order valence-electron chi connectivity index (χ4n) is 4.23. The zero-order valence-corrected chi connectivity index (χ0v) is 18.4. The molecule has 164 valence electrons. The molecule has 0 spiro atoms. The molecule has 6 heteroatoms.